The Kier molecular flexibility index (Phi) is 6.06. The minimum Gasteiger partial charge on any atom is -0.375 e. The molecule has 1 amide bonds. The van der Waals surface area contributed by atoms with Crippen LogP contribution in [0.3, 0.4) is 0 Å². The van der Waals surface area contributed by atoms with E-state index >= 15 is 0 Å². The molecule has 0 spiro atoms. The lowest BCUT2D eigenvalue weighted by Crippen LogP contribution is -2.42. The van der Waals surface area contributed by atoms with Gasteiger partial charge >= 0.3 is 0 Å². The molecule has 0 aliphatic carbocycles. The Morgan fingerprint density at radius 3 is 2.31 bits per heavy atom. The number of Topliss-reactive ketones (excluding diaryl/α,β-unsaturated/α-hetero) is 1. The monoisotopic (exact) mass is 491 g/mol. The highest BCUT2D eigenvalue weighted by molar-refractivity contribution is 9.10. The van der Waals surface area contributed by atoms with E-state index in [1.807, 2.05) is 75.4 Å². The van der Waals surface area contributed by atoms with Gasteiger partial charge in [-0.25, -0.2) is 0 Å². The van der Waals surface area contributed by atoms with Crippen LogP contribution in [0.15, 0.2) is 65.1 Å². The smallest absolute Gasteiger partial charge is 0.264 e. The molecular formula is C27H26BrNO3. The van der Waals surface area contributed by atoms with Crippen molar-refractivity contribution >= 4 is 33.3 Å². The molecule has 1 N–H and O–H groups in total. The average molecular weight is 492 g/mol. The predicted molar refractivity (Wildman–Crippen MR) is 130 cm³/mol. The zero-order chi connectivity index (χ0) is 23.0. The number of fused-ring (bicyclic) bond motifs is 1. The maximum absolute atomic E-state index is 13.5. The molecule has 1 aliphatic rings. The first-order valence-corrected chi connectivity index (χ1v) is 11.5. The second-order valence-corrected chi connectivity index (χ2v) is 9.50. The molecular weight excluding hydrogens is 466 g/mol. The fraction of sp³-hybridized carbons (Fsp3) is 0.259. The molecule has 0 radical (unpaired) electrons. The van der Waals surface area contributed by atoms with Crippen molar-refractivity contribution in [3.63, 3.8) is 0 Å². The summed E-state index contributed by atoms with van der Waals surface area (Å²) in [5, 5.41) is 11.6. The first-order valence-electron chi connectivity index (χ1n) is 10.7. The van der Waals surface area contributed by atoms with E-state index in [4.69, 9.17) is 0 Å². The van der Waals surface area contributed by atoms with Crippen LogP contribution >= 0.6 is 15.9 Å². The first kappa shape index (κ1) is 22.4. The zero-order valence-corrected chi connectivity index (χ0v) is 20.1. The van der Waals surface area contributed by atoms with Gasteiger partial charge in [0, 0.05) is 22.1 Å². The highest BCUT2D eigenvalue weighted by Crippen LogP contribution is 2.44. The molecule has 1 atom stereocenters. The van der Waals surface area contributed by atoms with Crippen molar-refractivity contribution in [2.75, 3.05) is 11.4 Å². The lowest BCUT2D eigenvalue weighted by atomic mass is 9.85. The molecule has 3 aromatic carbocycles. The number of carbonyl (C=O) groups is 2. The van der Waals surface area contributed by atoms with E-state index in [0.717, 1.165) is 26.7 Å². The summed E-state index contributed by atoms with van der Waals surface area (Å²) in [6.07, 6.45) is 0.365. The number of rotatable bonds is 6. The quantitative estimate of drug-likeness (QED) is 0.468. The molecule has 0 saturated carbocycles. The minimum atomic E-state index is -1.89. The Bertz CT molecular complexity index is 1180. The van der Waals surface area contributed by atoms with Crippen molar-refractivity contribution in [2.24, 2.45) is 0 Å². The van der Waals surface area contributed by atoms with Crippen LogP contribution in [0.5, 0.6) is 0 Å². The van der Waals surface area contributed by atoms with Crippen LogP contribution in [0, 0.1) is 20.8 Å². The van der Waals surface area contributed by atoms with Crippen LogP contribution in [0.4, 0.5) is 5.69 Å². The van der Waals surface area contributed by atoms with Gasteiger partial charge in [0.2, 0.25) is 0 Å². The number of aliphatic hydroxyl groups is 1. The number of carbonyl (C=O) groups excluding carboxylic acids is 2. The Labute approximate surface area is 197 Å². The molecule has 0 fully saturated rings. The fourth-order valence-corrected chi connectivity index (χ4v) is 5.10. The summed E-state index contributed by atoms with van der Waals surface area (Å²) in [6, 6.07) is 19.3. The van der Waals surface area contributed by atoms with Gasteiger partial charge in [-0.15, -0.1) is 0 Å². The van der Waals surface area contributed by atoms with Gasteiger partial charge in [-0.2, -0.15) is 0 Å². The summed E-state index contributed by atoms with van der Waals surface area (Å²) >= 11 is 3.45. The summed E-state index contributed by atoms with van der Waals surface area (Å²) in [5.41, 5.74) is 3.72. The number of nitrogens with zero attached hydrogens (tertiary/aromatic N) is 1. The van der Waals surface area contributed by atoms with E-state index < -0.39 is 11.5 Å². The van der Waals surface area contributed by atoms with Gasteiger partial charge in [0.1, 0.15) is 0 Å². The predicted octanol–water partition coefficient (Wildman–Crippen LogP) is 5.42. The van der Waals surface area contributed by atoms with E-state index in [2.05, 4.69) is 15.9 Å². The van der Waals surface area contributed by atoms with Crippen molar-refractivity contribution in [1.82, 2.24) is 0 Å². The molecule has 1 heterocycles. The topological polar surface area (TPSA) is 57.6 Å². The molecule has 164 valence electrons. The lowest BCUT2D eigenvalue weighted by molar-refractivity contribution is -0.135. The number of hydrogen-bond donors (Lipinski definition) is 1. The summed E-state index contributed by atoms with van der Waals surface area (Å²) < 4.78 is 0.752. The molecule has 0 bridgehead atoms. The maximum Gasteiger partial charge on any atom is 0.264 e. The number of hydrogen-bond acceptors (Lipinski definition) is 3. The molecule has 4 nitrogen and oxygen atoms in total. The third-order valence-corrected chi connectivity index (χ3v) is 6.63. The number of amides is 1. The number of anilines is 1. The van der Waals surface area contributed by atoms with Gasteiger partial charge in [-0.1, -0.05) is 64.0 Å². The molecule has 4 rings (SSSR count). The zero-order valence-electron chi connectivity index (χ0n) is 18.5. The SMILES string of the molecule is Cc1cc(C)c(C(=O)C[C@]2(O)C(=O)N(CCc3ccccc3)c3ccc(Br)cc32)c(C)c1. The summed E-state index contributed by atoms with van der Waals surface area (Å²) in [6.45, 7) is 6.20. The first-order chi connectivity index (χ1) is 15.2. The molecule has 0 saturated heterocycles. The highest BCUT2D eigenvalue weighted by atomic mass is 79.9. The molecule has 1 aliphatic heterocycles. The van der Waals surface area contributed by atoms with Crippen LogP contribution in [-0.4, -0.2) is 23.3 Å². The molecule has 0 aromatic heterocycles. The second-order valence-electron chi connectivity index (χ2n) is 8.59. The molecule has 3 aromatic rings. The standard InChI is InChI=1S/C27H26BrNO3/c1-17-13-18(2)25(19(3)14-17)24(30)16-27(32)22-15-21(28)9-10-23(22)29(26(27)31)12-11-20-7-5-4-6-8-20/h4-10,13-15,32H,11-12,16H2,1-3H3/t27-/m1/s1. The minimum absolute atomic E-state index is 0.230. The van der Waals surface area contributed by atoms with Gasteiger partial charge in [-0.3, -0.25) is 9.59 Å². The second kappa shape index (κ2) is 8.64. The van der Waals surface area contributed by atoms with Crippen LogP contribution in [-0.2, 0) is 16.8 Å². The molecule has 5 heteroatoms. The van der Waals surface area contributed by atoms with E-state index in [1.165, 1.54) is 0 Å². The Morgan fingerprint density at radius 2 is 1.66 bits per heavy atom. The van der Waals surface area contributed by atoms with E-state index in [1.54, 1.807) is 11.0 Å². The van der Waals surface area contributed by atoms with Crippen LogP contribution < -0.4 is 4.90 Å². The van der Waals surface area contributed by atoms with E-state index in [9.17, 15) is 14.7 Å². The third-order valence-electron chi connectivity index (χ3n) is 6.13. The van der Waals surface area contributed by atoms with Crippen LogP contribution in [0.25, 0.3) is 0 Å². The van der Waals surface area contributed by atoms with E-state index in [-0.39, 0.29) is 12.2 Å². The van der Waals surface area contributed by atoms with Crippen molar-refractivity contribution in [3.05, 3.63) is 98.5 Å². The van der Waals surface area contributed by atoms with Crippen molar-refractivity contribution < 1.29 is 14.7 Å². The maximum atomic E-state index is 13.5. The Hall–Kier alpha value is -2.76. The normalized spacial score (nSPS) is 17.5. The van der Waals surface area contributed by atoms with Gasteiger partial charge in [0.25, 0.3) is 5.91 Å². The fourth-order valence-electron chi connectivity index (χ4n) is 4.74. The summed E-state index contributed by atoms with van der Waals surface area (Å²) in [7, 11) is 0. The van der Waals surface area contributed by atoms with Gasteiger partial charge in [-0.05, 0) is 62.1 Å². The number of ketones is 1. The summed E-state index contributed by atoms with van der Waals surface area (Å²) in [4.78, 5) is 28.5. The van der Waals surface area contributed by atoms with Gasteiger partial charge in [0.05, 0.1) is 12.1 Å². The van der Waals surface area contributed by atoms with Gasteiger partial charge < -0.3 is 10.0 Å². The lowest BCUT2D eigenvalue weighted by Gasteiger charge is -2.23. The summed E-state index contributed by atoms with van der Waals surface area (Å²) in [5.74, 6) is -0.677. The van der Waals surface area contributed by atoms with E-state index in [0.29, 0.717) is 29.8 Å². The van der Waals surface area contributed by atoms with Gasteiger partial charge in [0.15, 0.2) is 11.4 Å². The number of aryl methyl sites for hydroxylation is 3. The Morgan fingerprint density at radius 1 is 1.00 bits per heavy atom. The Balaban J connectivity index is 1.68. The number of benzene rings is 3. The molecule has 0 unspecified atom stereocenters. The van der Waals surface area contributed by atoms with Crippen molar-refractivity contribution in [1.29, 1.82) is 0 Å². The van der Waals surface area contributed by atoms with Crippen LogP contribution in [0.2, 0.25) is 0 Å². The largest absolute Gasteiger partial charge is 0.375 e. The van der Waals surface area contributed by atoms with Crippen molar-refractivity contribution in [2.45, 2.75) is 39.2 Å². The van der Waals surface area contributed by atoms with Crippen LogP contribution in [0.1, 0.15) is 44.6 Å². The molecule has 32 heavy (non-hydrogen) atoms. The van der Waals surface area contributed by atoms with Crippen molar-refractivity contribution in [3.8, 4) is 0 Å². The number of halogens is 1. The average Bonchev–Trinajstić information content (AvgIpc) is 2.93. The highest BCUT2D eigenvalue weighted by Gasteiger charge is 2.51. The third kappa shape index (κ3) is 4.03.